The third-order valence-corrected chi connectivity index (χ3v) is 6.30. The molecule has 2 saturated carbocycles. The topological polar surface area (TPSA) is 26.3 Å². The van der Waals surface area contributed by atoms with Gasteiger partial charge >= 0.3 is 0 Å². The smallest absolute Gasteiger partial charge is 0.129 e. The zero-order chi connectivity index (χ0) is 16.9. The van der Waals surface area contributed by atoms with Crippen molar-refractivity contribution in [3.05, 3.63) is 35.1 Å². The van der Waals surface area contributed by atoms with Crippen LogP contribution in [0.25, 0.3) is 0 Å². The number of rotatable bonds is 5. The van der Waals surface area contributed by atoms with Gasteiger partial charge in [0, 0.05) is 18.6 Å². The summed E-state index contributed by atoms with van der Waals surface area (Å²) in [4.78, 5) is 10.9. The van der Waals surface area contributed by atoms with Gasteiger partial charge in [0.25, 0.3) is 0 Å². The molecule has 0 amide bonds. The van der Waals surface area contributed by atoms with Crippen molar-refractivity contribution >= 4 is 6.29 Å². The zero-order valence-corrected chi connectivity index (χ0v) is 14.7. The number of carbonyl (C=O) groups excluding carboxylic acids is 1. The second-order valence-corrected chi connectivity index (χ2v) is 7.71. The standard InChI is InChI=1S/C21H29FO2/c1-24-14-20-11-10-19(12-21(20)22)18-8-6-17(7-9-18)16-4-2-15(13-23)3-5-16/h10-13,15-18H,2-9,14H2,1H3/t15?,16?,17-,18-. The van der Waals surface area contributed by atoms with Gasteiger partial charge in [-0.25, -0.2) is 4.39 Å². The third kappa shape index (κ3) is 4.05. The average Bonchev–Trinajstić information content (AvgIpc) is 2.64. The van der Waals surface area contributed by atoms with E-state index in [4.69, 9.17) is 4.74 Å². The normalized spacial score (nSPS) is 30.9. The number of halogens is 1. The third-order valence-electron chi connectivity index (χ3n) is 6.30. The maximum Gasteiger partial charge on any atom is 0.129 e. The predicted octanol–water partition coefficient (Wildman–Crippen LogP) is 5.25. The van der Waals surface area contributed by atoms with Crippen LogP contribution in [-0.2, 0) is 16.1 Å². The van der Waals surface area contributed by atoms with E-state index in [2.05, 4.69) is 6.07 Å². The van der Waals surface area contributed by atoms with E-state index in [0.29, 0.717) is 24.0 Å². The molecule has 2 nitrogen and oxygen atoms in total. The van der Waals surface area contributed by atoms with Crippen LogP contribution >= 0.6 is 0 Å². The van der Waals surface area contributed by atoms with Crippen molar-refractivity contribution in [2.45, 2.75) is 63.9 Å². The van der Waals surface area contributed by atoms with Gasteiger partial charge in [-0.2, -0.15) is 0 Å². The Kier molecular flexibility index (Phi) is 6.04. The highest BCUT2D eigenvalue weighted by atomic mass is 19.1. The van der Waals surface area contributed by atoms with Crippen molar-refractivity contribution in [2.75, 3.05) is 7.11 Å². The fraction of sp³-hybridized carbons (Fsp3) is 0.667. The first-order valence-electron chi connectivity index (χ1n) is 9.43. The molecule has 2 aliphatic rings. The van der Waals surface area contributed by atoms with Crippen LogP contribution in [0.2, 0.25) is 0 Å². The lowest BCUT2D eigenvalue weighted by atomic mass is 9.68. The second-order valence-electron chi connectivity index (χ2n) is 7.71. The van der Waals surface area contributed by atoms with Crippen LogP contribution in [0, 0.1) is 23.6 Å². The van der Waals surface area contributed by atoms with Crippen molar-refractivity contribution < 1.29 is 13.9 Å². The molecule has 3 rings (SSSR count). The van der Waals surface area contributed by atoms with Gasteiger partial charge in [0.05, 0.1) is 6.61 Å². The molecule has 0 spiro atoms. The quantitative estimate of drug-likeness (QED) is 0.688. The molecule has 0 aliphatic heterocycles. The van der Waals surface area contributed by atoms with Crippen LogP contribution in [0.4, 0.5) is 4.39 Å². The molecule has 0 aromatic heterocycles. The first-order valence-corrected chi connectivity index (χ1v) is 9.43. The monoisotopic (exact) mass is 332 g/mol. The Labute approximate surface area is 144 Å². The summed E-state index contributed by atoms with van der Waals surface area (Å²) in [5.74, 6) is 2.29. The van der Waals surface area contributed by atoms with E-state index in [9.17, 15) is 9.18 Å². The van der Waals surface area contributed by atoms with Crippen LogP contribution in [-0.4, -0.2) is 13.4 Å². The molecule has 0 radical (unpaired) electrons. The van der Waals surface area contributed by atoms with E-state index in [1.165, 1.54) is 38.5 Å². The van der Waals surface area contributed by atoms with E-state index < -0.39 is 0 Å². The van der Waals surface area contributed by atoms with E-state index in [1.54, 1.807) is 13.2 Å². The van der Waals surface area contributed by atoms with Crippen molar-refractivity contribution in [1.82, 2.24) is 0 Å². The number of ether oxygens (including phenoxy) is 1. The Morgan fingerprint density at radius 3 is 2.21 bits per heavy atom. The minimum atomic E-state index is -0.136. The summed E-state index contributed by atoms with van der Waals surface area (Å²) in [6, 6.07) is 5.67. The van der Waals surface area contributed by atoms with E-state index >= 15 is 0 Å². The molecule has 0 N–H and O–H groups in total. The summed E-state index contributed by atoms with van der Waals surface area (Å²) in [5, 5.41) is 0. The molecular weight excluding hydrogens is 303 g/mol. The number of aldehydes is 1. The van der Waals surface area contributed by atoms with Crippen LogP contribution < -0.4 is 0 Å². The summed E-state index contributed by atoms with van der Waals surface area (Å²) in [6.45, 7) is 0.336. The van der Waals surface area contributed by atoms with Crippen LogP contribution in [0.1, 0.15) is 68.4 Å². The lowest BCUT2D eigenvalue weighted by molar-refractivity contribution is -0.112. The molecule has 132 valence electrons. The van der Waals surface area contributed by atoms with Gasteiger partial charge in [-0.15, -0.1) is 0 Å². The molecule has 0 atom stereocenters. The van der Waals surface area contributed by atoms with Gasteiger partial charge in [-0.05, 0) is 80.8 Å². The molecule has 2 aliphatic carbocycles. The van der Waals surface area contributed by atoms with E-state index in [1.807, 2.05) is 6.07 Å². The largest absolute Gasteiger partial charge is 0.380 e. The minimum absolute atomic E-state index is 0.136. The first-order chi connectivity index (χ1) is 11.7. The van der Waals surface area contributed by atoms with Gasteiger partial charge < -0.3 is 9.53 Å². The molecular formula is C21H29FO2. The molecule has 2 fully saturated rings. The van der Waals surface area contributed by atoms with Crippen molar-refractivity contribution in [3.8, 4) is 0 Å². The van der Waals surface area contributed by atoms with Crippen molar-refractivity contribution in [1.29, 1.82) is 0 Å². The molecule has 24 heavy (non-hydrogen) atoms. The molecule has 1 aromatic rings. The Morgan fingerprint density at radius 1 is 1.04 bits per heavy atom. The zero-order valence-electron chi connectivity index (χ0n) is 14.7. The van der Waals surface area contributed by atoms with Crippen molar-refractivity contribution in [3.63, 3.8) is 0 Å². The Bertz CT molecular complexity index is 541. The maximum atomic E-state index is 14.1. The minimum Gasteiger partial charge on any atom is -0.380 e. The van der Waals surface area contributed by atoms with Gasteiger partial charge in [0.2, 0.25) is 0 Å². The molecule has 0 bridgehead atoms. The van der Waals surface area contributed by atoms with Crippen LogP contribution in [0.3, 0.4) is 0 Å². The summed E-state index contributed by atoms with van der Waals surface area (Å²) in [5.41, 5.74) is 1.79. The number of methoxy groups -OCH3 is 1. The highest BCUT2D eigenvalue weighted by Crippen LogP contribution is 2.43. The second kappa shape index (κ2) is 8.24. The lowest BCUT2D eigenvalue weighted by Crippen LogP contribution is -2.25. The molecule has 3 heteroatoms. The number of hydrogen-bond acceptors (Lipinski definition) is 2. The van der Waals surface area contributed by atoms with Crippen LogP contribution in [0.15, 0.2) is 18.2 Å². The van der Waals surface area contributed by atoms with E-state index in [-0.39, 0.29) is 5.82 Å². The van der Waals surface area contributed by atoms with Gasteiger partial charge in [0.1, 0.15) is 12.1 Å². The average molecular weight is 332 g/mol. The summed E-state index contributed by atoms with van der Waals surface area (Å²) in [6.07, 6.45) is 10.6. The highest BCUT2D eigenvalue weighted by Gasteiger charge is 2.31. The lowest BCUT2D eigenvalue weighted by Gasteiger charge is -2.37. The Morgan fingerprint density at radius 2 is 1.67 bits per heavy atom. The SMILES string of the molecule is COCc1ccc([C@H]2CC[C@H](C3CCC(C=O)CC3)CC2)cc1F. The Hall–Kier alpha value is -1.22. The van der Waals surface area contributed by atoms with Gasteiger partial charge in [0.15, 0.2) is 0 Å². The number of hydrogen-bond donors (Lipinski definition) is 0. The number of benzene rings is 1. The molecule has 1 aromatic carbocycles. The molecule has 0 saturated heterocycles. The summed E-state index contributed by atoms with van der Waals surface area (Å²) >= 11 is 0. The molecule has 0 unspecified atom stereocenters. The van der Waals surface area contributed by atoms with Gasteiger partial charge in [-0.3, -0.25) is 0 Å². The van der Waals surface area contributed by atoms with Crippen molar-refractivity contribution in [2.24, 2.45) is 17.8 Å². The fourth-order valence-electron chi connectivity index (χ4n) is 4.77. The first kappa shape index (κ1) is 17.6. The van der Waals surface area contributed by atoms with Gasteiger partial charge in [-0.1, -0.05) is 12.1 Å². The maximum absolute atomic E-state index is 14.1. The highest BCUT2D eigenvalue weighted by molar-refractivity contribution is 5.53. The van der Waals surface area contributed by atoms with Crippen LogP contribution in [0.5, 0.6) is 0 Å². The summed E-state index contributed by atoms with van der Waals surface area (Å²) < 4.78 is 19.2. The number of carbonyl (C=O) groups is 1. The van der Waals surface area contributed by atoms with E-state index in [0.717, 1.165) is 36.5 Å². The molecule has 0 heterocycles. The summed E-state index contributed by atoms with van der Waals surface area (Å²) in [7, 11) is 1.59. The predicted molar refractivity (Wildman–Crippen MR) is 93.3 cm³/mol. The fourth-order valence-corrected chi connectivity index (χ4v) is 4.77. The Balaban J connectivity index is 1.53.